The van der Waals surface area contributed by atoms with Crippen molar-refractivity contribution < 1.29 is 20.1 Å². The Morgan fingerprint density at radius 3 is 1.08 bits per heavy atom. The van der Waals surface area contributed by atoms with E-state index >= 15 is 0 Å². The molecule has 0 aromatic heterocycles. The van der Waals surface area contributed by atoms with Crippen molar-refractivity contribution in [3.63, 3.8) is 0 Å². The van der Waals surface area contributed by atoms with Crippen LogP contribution in [-0.4, -0.2) is 46.1 Å². The molecular weight excluding hydrogens is 631 g/mol. The monoisotopic (exact) mass is 722 g/mol. The average molecular weight is 722 g/mol. The Balaban J connectivity index is 3.60. The number of aliphatic hydroxyl groups excluding tert-OH is 3. The van der Waals surface area contributed by atoms with Crippen LogP contribution in [0.4, 0.5) is 0 Å². The molecule has 0 bridgehead atoms. The molecule has 51 heavy (non-hydrogen) atoms. The Bertz CT molecular complexity index is 713. The van der Waals surface area contributed by atoms with Crippen LogP contribution in [0.1, 0.15) is 251 Å². The van der Waals surface area contributed by atoms with Crippen LogP contribution in [0.25, 0.3) is 0 Å². The van der Waals surface area contributed by atoms with Crippen LogP contribution in [0.2, 0.25) is 0 Å². The number of hydrogen-bond acceptors (Lipinski definition) is 4. The molecule has 3 atom stereocenters. The molecule has 304 valence electrons. The molecule has 0 saturated carbocycles. The van der Waals surface area contributed by atoms with Gasteiger partial charge >= 0.3 is 0 Å². The maximum absolute atomic E-state index is 12.5. The molecule has 0 spiro atoms. The molecular formula is C46H91NO4. The number of rotatable bonds is 42. The Hall–Kier alpha value is -0.910. The van der Waals surface area contributed by atoms with E-state index in [-0.39, 0.29) is 6.61 Å². The van der Waals surface area contributed by atoms with Gasteiger partial charge in [0.25, 0.3) is 0 Å². The van der Waals surface area contributed by atoms with Crippen molar-refractivity contribution in [2.75, 3.05) is 6.61 Å². The maximum atomic E-state index is 12.5. The minimum absolute atomic E-state index is 0.314. The first kappa shape index (κ1) is 50.1. The van der Waals surface area contributed by atoms with Crippen LogP contribution in [0.15, 0.2) is 12.2 Å². The Kier molecular flexibility index (Phi) is 41.1. The van der Waals surface area contributed by atoms with E-state index in [1.807, 2.05) is 0 Å². The third-order valence-corrected chi connectivity index (χ3v) is 10.9. The van der Waals surface area contributed by atoms with Crippen LogP contribution >= 0.6 is 0 Å². The molecule has 0 aliphatic carbocycles. The van der Waals surface area contributed by atoms with Crippen molar-refractivity contribution in [3.05, 3.63) is 12.2 Å². The molecule has 0 aromatic rings. The maximum Gasteiger partial charge on any atom is 0.249 e. The highest BCUT2D eigenvalue weighted by Gasteiger charge is 2.23. The molecule has 0 radical (unpaired) electrons. The highest BCUT2D eigenvalue weighted by molar-refractivity contribution is 5.80. The van der Waals surface area contributed by atoms with Gasteiger partial charge in [0.15, 0.2) is 0 Å². The second-order valence-corrected chi connectivity index (χ2v) is 16.0. The number of unbranched alkanes of at least 4 members (excludes halogenated alkanes) is 32. The average Bonchev–Trinajstić information content (AvgIpc) is 3.13. The van der Waals surface area contributed by atoms with Gasteiger partial charge < -0.3 is 20.6 Å². The number of carbonyl (C=O) groups excluding carboxylic acids is 1. The first-order chi connectivity index (χ1) is 25.1. The van der Waals surface area contributed by atoms with E-state index in [2.05, 4.69) is 31.3 Å². The topological polar surface area (TPSA) is 89.8 Å². The van der Waals surface area contributed by atoms with Crippen molar-refractivity contribution in [2.45, 2.75) is 270 Å². The van der Waals surface area contributed by atoms with Crippen molar-refractivity contribution in [1.82, 2.24) is 5.32 Å². The lowest BCUT2D eigenvalue weighted by Gasteiger charge is -2.23. The fourth-order valence-corrected chi connectivity index (χ4v) is 7.25. The summed E-state index contributed by atoms with van der Waals surface area (Å²) in [5.74, 6) is -0.476. The summed E-state index contributed by atoms with van der Waals surface area (Å²) in [6.07, 6.45) is 49.3. The van der Waals surface area contributed by atoms with Gasteiger partial charge in [0.2, 0.25) is 5.91 Å². The molecule has 0 aliphatic heterocycles. The molecule has 0 heterocycles. The fraction of sp³-hybridized carbons (Fsp3) is 0.935. The van der Waals surface area contributed by atoms with Crippen LogP contribution in [-0.2, 0) is 4.79 Å². The second kappa shape index (κ2) is 41.8. The summed E-state index contributed by atoms with van der Waals surface area (Å²) >= 11 is 0. The van der Waals surface area contributed by atoms with Crippen molar-refractivity contribution in [2.24, 2.45) is 0 Å². The van der Waals surface area contributed by atoms with Gasteiger partial charge in [-0.25, -0.2) is 0 Å². The quantitative estimate of drug-likeness (QED) is 0.0373. The minimum atomic E-state index is -1.08. The van der Waals surface area contributed by atoms with Crippen LogP contribution in [0.3, 0.4) is 0 Å². The van der Waals surface area contributed by atoms with Gasteiger partial charge in [-0.05, 0) is 38.5 Å². The summed E-state index contributed by atoms with van der Waals surface area (Å²) < 4.78 is 0. The lowest BCUT2D eigenvalue weighted by atomic mass is 10.0. The molecule has 4 N–H and O–H groups in total. The number of carbonyl (C=O) groups is 1. The van der Waals surface area contributed by atoms with Gasteiger partial charge in [0.05, 0.1) is 18.8 Å². The largest absolute Gasteiger partial charge is 0.394 e. The molecule has 0 saturated heterocycles. The van der Waals surface area contributed by atoms with E-state index in [9.17, 15) is 20.1 Å². The molecule has 5 nitrogen and oxygen atoms in total. The molecule has 5 heteroatoms. The van der Waals surface area contributed by atoms with Gasteiger partial charge in [0.1, 0.15) is 6.10 Å². The summed E-state index contributed by atoms with van der Waals surface area (Å²) in [4.78, 5) is 12.5. The summed E-state index contributed by atoms with van der Waals surface area (Å²) in [6, 6.07) is -0.713. The predicted octanol–water partition coefficient (Wildman–Crippen LogP) is 13.2. The first-order valence-electron chi connectivity index (χ1n) is 23.0. The van der Waals surface area contributed by atoms with E-state index in [1.54, 1.807) is 0 Å². The lowest BCUT2D eigenvalue weighted by molar-refractivity contribution is -0.131. The van der Waals surface area contributed by atoms with E-state index < -0.39 is 24.2 Å². The molecule has 0 aromatic carbocycles. The smallest absolute Gasteiger partial charge is 0.249 e. The molecule has 3 unspecified atom stereocenters. The highest BCUT2D eigenvalue weighted by Crippen LogP contribution is 2.17. The Labute approximate surface area is 319 Å². The fourth-order valence-electron chi connectivity index (χ4n) is 7.25. The van der Waals surface area contributed by atoms with Crippen LogP contribution < -0.4 is 5.32 Å². The normalized spacial score (nSPS) is 13.6. The summed E-state index contributed by atoms with van der Waals surface area (Å²) in [5.41, 5.74) is 0. The number of amides is 1. The zero-order valence-electron chi connectivity index (χ0n) is 34.5. The third kappa shape index (κ3) is 37.2. The van der Waals surface area contributed by atoms with E-state index in [0.717, 1.165) is 44.9 Å². The summed E-state index contributed by atoms with van der Waals surface area (Å²) in [6.45, 7) is 4.24. The van der Waals surface area contributed by atoms with E-state index in [4.69, 9.17) is 0 Å². The SMILES string of the molecule is CCCCCCCCCCC/C=C\CCCCCCC(O)C(=O)NC(CO)C(O)CCCCCCCCCCCCCCCCCCCCCC. The lowest BCUT2D eigenvalue weighted by Crippen LogP contribution is -2.49. The number of hydrogen-bond donors (Lipinski definition) is 4. The standard InChI is InChI=1S/C46H91NO4/c1-3-5-7-9-11-13-15-17-19-21-22-23-25-26-28-30-32-34-36-38-40-44(49)43(42-48)47-46(51)45(50)41-39-37-35-33-31-29-27-24-20-18-16-14-12-10-8-6-4-2/h27,29,43-45,48-50H,3-26,28,30-42H2,1-2H3,(H,47,51)/b29-27-. The third-order valence-electron chi connectivity index (χ3n) is 10.9. The van der Waals surface area contributed by atoms with Gasteiger partial charge in [-0.15, -0.1) is 0 Å². The van der Waals surface area contributed by atoms with Gasteiger partial charge in [0, 0.05) is 0 Å². The summed E-state index contributed by atoms with van der Waals surface area (Å²) in [5, 5.41) is 33.3. The van der Waals surface area contributed by atoms with Crippen molar-refractivity contribution >= 4 is 5.91 Å². The number of allylic oxidation sites excluding steroid dienone is 2. The molecule has 0 aliphatic rings. The zero-order chi connectivity index (χ0) is 37.3. The van der Waals surface area contributed by atoms with Gasteiger partial charge in [-0.3, -0.25) is 4.79 Å². The number of aliphatic hydroxyl groups is 3. The first-order valence-corrected chi connectivity index (χ1v) is 23.0. The van der Waals surface area contributed by atoms with E-state index in [1.165, 1.54) is 180 Å². The Morgan fingerprint density at radius 2 is 0.745 bits per heavy atom. The minimum Gasteiger partial charge on any atom is -0.394 e. The predicted molar refractivity (Wildman–Crippen MR) is 222 cm³/mol. The van der Waals surface area contributed by atoms with E-state index in [0.29, 0.717) is 12.8 Å². The van der Waals surface area contributed by atoms with Crippen molar-refractivity contribution in [3.8, 4) is 0 Å². The molecule has 0 fully saturated rings. The van der Waals surface area contributed by atoms with Gasteiger partial charge in [-0.2, -0.15) is 0 Å². The molecule has 1 amide bonds. The van der Waals surface area contributed by atoms with Gasteiger partial charge in [-0.1, -0.05) is 225 Å². The Morgan fingerprint density at radius 1 is 0.451 bits per heavy atom. The number of nitrogens with one attached hydrogen (secondary N) is 1. The summed E-state index contributed by atoms with van der Waals surface area (Å²) in [7, 11) is 0. The van der Waals surface area contributed by atoms with Crippen molar-refractivity contribution in [1.29, 1.82) is 0 Å². The zero-order valence-corrected chi connectivity index (χ0v) is 34.5. The van der Waals surface area contributed by atoms with Crippen LogP contribution in [0, 0.1) is 0 Å². The molecule has 0 rings (SSSR count). The second-order valence-electron chi connectivity index (χ2n) is 16.0. The van der Waals surface area contributed by atoms with Crippen LogP contribution in [0.5, 0.6) is 0 Å². The highest BCUT2D eigenvalue weighted by atomic mass is 16.3.